The molecule has 1 aliphatic carbocycles. The van der Waals surface area contributed by atoms with E-state index in [1.165, 1.54) is 6.07 Å². The Hall–Kier alpha value is -1.46. The van der Waals surface area contributed by atoms with Crippen LogP contribution in [0, 0.1) is 0 Å². The molecule has 21 heavy (non-hydrogen) atoms. The summed E-state index contributed by atoms with van der Waals surface area (Å²) in [4.78, 5) is 0.0824. The van der Waals surface area contributed by atoms with Crippen molar-refractivity contribution in [3.05, 3.63) is 42.5 Å². The van der Waals surface area contributed by atoms with Crippen molar-refractivity contribution < 1.29 is 17.0 Å². The van der Waals surface area contributed by atoms with Crippen molar-refractivity contribution in [1.82, 2.24) is 0 Å². The molecule has 3 rings (SSSR count). The molecule has 0 radical (unpaired) electrons. The number of rotatable bonds is 3. The van der Waals surface area contributed by atoms with Gasteiger partial charge in [-0.1, -0.05) is 43.2 Å². The van der Waals surface area contributed by atoms with Crippen molar-refractivity contribution in [3.8, 4) is 0 Å². The second kappa shape index (κ2) is 5.73. The van der Waals surface area contributed by atoms with E-state index in [2.05, 4.69) is 0 Å². The molecule has 3 nitrogen and oxygen atoms in total. The molecule has 2 aromatic rings. The smallest absolute Gasteiger partial charge is 0.260 e. The third kappa shape index (κ3) is 3.09. The number of hydrogen-bond donors (Lipinski definition) is 0. The molecule has 0 aliphatic heterocycles. The van der Waals surface area contributed by atoms with E-state index in [0.717, 1.165) is 23.6 Å². The molecule has 0 heterocycles. The third-order valence-electron chi connectivity index (χ3n) is 3.88. The summed E-state index contributed by atoms with van der Waals surface area (Å²) in [6, 6.07) is 12.3. The van der Waals surface area contributed by atoms with E-state index in [1.54, 1.807) is 12.1 Å². The second-order valence-electron chi connectivity index (χ2n) is 5.40. The van der Waals surface area contributed by atoms with Crippen LogP contribution in [-0.2, 0) is 14.3 Å². The van der Waals surface area contributed by atoms with Crippen molar-refractivity contribution in [3.63, 3.8) is 0 Å². The topological polar surface area (TPSA) is 43.4 Å². The van der Waals surface area contributed by atoms with Gasteiger partial charge in [-0.3, -0.25) is 4.18 Å². The summed E-state index contributed by atoms with van der Waals surface area (Å²) in [6.07, 6.45) is 0.366. The maximum Gasteiger partial charge on any atom is 0.297 e. The largest absolute Gasteiger partial charge is 0.297 e. The predicted octanol–water partition coefficient (Wildman–Crippen LogP) is 3.83. The Morgan fingerprint density at radius 3 is 2.48 bits per heavy atom. The minimum absolute atomic E-state index is 0.0824. The van der Waals surface area contributed by atoms with Gasteiger partial charge in [0.1, 0.15) is 12.3 Å². The lowest BCUT2D eigenvalue weighted by molar-refractivity contribution is 0.0689. The van der Waals surface area contributed by atoms with Crippen LogP contribution in [0.15, 0.2) is 47.4 Å². The molecule has 0 N–H and O–H groups in total. The highest BCUT2D eigenvalue weighted by Gasteiger charge is 2.31. The lowest BCUT2D eigenvalue weighted by Gasteiger charge is -2.25. The van der Waals surface area contributed by atoms with E-state index in [-0.39, 0.29) is 4.90 Å². The van der Waals surface area contributed by atoms with Crippen LogP contribution in [0.2, 0.25) is 0 Å². The summed E-state index contributed by atoms with van der Waals surface area (Å²) in [6.45, 7) is 0. The highest BCUT2D eigenvalue weighted by Crippen LogP contribution is 2.28. The van der Waals surface area contributed by atoms with Gasteiger partial charge in [-0.05, 0) is 35.7 Å². The summed E-state index contributed by atoms with van der Waals surface area (Å²) in [7, 11) is -3.92. The minimum atomic E-state index is -3.92. The molecule has 0 amide bonds. The summed E-state index contributed by atoms with van der Waals surface area (Å²) in [5.74, 6) is 0. The van der Waals surface area contributed by atoms with Crippen LogP contribution in [0.3, 0.4) is 0 Å². The molecule has 5 heteroatoms. The van der Waals surface area contributed by atoms with Gasteiger partial charge in [0.25, 0.3) is 10.1 Å². The quantitative estimate of drug-likeness (QED) is 0.809. The molecule has 2 atom stereocenters. The first-order chi connectivity index (χ1) is 10.1. The van der Waals surface area contributed by atoms with E-state index in [1.807, 2.05) is 24.3 Å². The Labute approximate surface area is 123 Å². The van der Waals surface area contributed by atoms with Gasteiger partial charge >= 0.3 is 0 Å². The van der Waals surface area contributed by atoms with Crippen molar-refractivity contribution in [2.24, 2.45) is 0 Å². The van der Waals surface area contributed by atoms with E-state index in [9.17, 15) is 12.8 Å². The van der Waals surface area contributed by atoms with Gasteiger partial charge in [0.2, 0.25) is 0 Å². The van der Waals surface area contributed by atoms with Gasteiger partial charge in [0.15, 0.2) is 0 Å². The van der Waals surface area contributed by atoms with Gasteiger partial charge < -0.3 is 0 Å². The molecule has 1 fully saturated rings. The average Bonchev–Trinajstić information content (AvgIpc) is 2.49. The lowest BCUT2D eigenvalue weighted by atomic mass is 9.96. The lowest BCUT2D eigenvalue weighted by Crippen LogP contribution is -2.31. The first kappa shape index (κ1) is 14.5. The molecule has 0 aromatic heterocycles. The maximum absolute atomic E-state index is 13.8. The molecular weight excluding hydrogens is 291 g/mol. The Balaban J connectivity index is 1.88. The molecule has 1 aliphatic rings. The number of halogens is 1. The molecule has 1 saturated carbocycles. The molecule has 2 aromatic carbocycles. The standard InChI is InChI=1S/C16H17FO3S/c17-15-7-3-4-8-16(15)20-21(18,19)14-10-9-12-5-1-2-6-13(12)11-14/h1-2,5-6,9-11,15-16H,3-4,7-8H2/t15-,16-/m0/s1. The van der Waals surface area contributed by atoms with E-state index in [0.29, 0.717) is 12.8 Å². The van der Waals surface area contributed by atoms with Gasteiger partial charge in [0.05, 0.1) is 4.90 Å². The fourth-order valence-electron chi connectivity index (χ4n) is 2.70. The monoisotopic (exact) mass is 308 g/mol. The van der Waals surface area contributed by atoms with Crippen LogP contribution >= 0.6 is 0 Å². The molecule has 0 saturated heterocycles. The zero-order valence-corrected chi connectivity index (χ0v) is 12.4. The number of alkyl halides is 1. The van der Waals surface area contributed by atoms with Crippen LogP contribution in [-0.4, -0.2) is 20.7 Å². The van der Waals surface area contributed by atoms with Gasteiger partial charge in [-0.25, -0.2) is 4.39 Å². The van der Waals surface area contributed by atoms with Gasteiger partial charge in [-0.2, -0.15) is 8.42 Å². The fourth-order valence-corrected chi connectivity index (χ4v) is 3.86. The van der Waals surface area contributed by atoms with Gasteiger partial charge in [0, 0.05) is 0 Å². The summed E-state index contributed by atoms with van der Waals surface area (Å²) in [5, 5.41) is 1.78. The Morgan fingerprint density at radius 2 is 1.71 bits per heavy atom. The summed E-state index contributed by atoms with van der Waals surface area (Å²) >= 11 is 0. The van der Waals surface area contributed by atoms with Crippen LogP contribution < -0.4 is 0 Å². The van der Waals surface area contributed by atoms with Crippen LogP contribution in [0.5, 0.6) is 0 Å². The Morgan fingerprint density at radius 1 is 1.00 bits per heavy atom. The van der Waals surface area contributed by atoms with E-state index >= 15 is 0 Å². The first-order valence-corrected chi connectivity index (χ1v) is 8.53. The minimum Gasteiger partial charge on any atom is -0.260 e. The van der Waals surface area contributed by atoms with Crippen LogP contribution in [0.1, 0.15) is 25.7 Å². The average molecular weight is 308 g/mol. The summed E-state index contributed by atoms with van der Waals surface area (Å²) in [5.41, 5.74) is 0. The second-order valence-corrected chi connectivity index (χ2v) is 6.97. The van der Waals surface area contributed by atoms with Crippen LogP contribution in [0.25, 0.3) is 10.8 Å². The fraction of sp³-hybridized carbons (Fsp3) is 0.375. The van der Waals surface area contributed by atoms with Crippen molar-refractivity contribution >= 4 is 20.9 Å². The zero-order chi connectivity index (χ0) is 14.9. The Kier molecular flexibility index (Phi) is 3.95. The number of benzene rings is 2. The molecule has 112 valence electrons. The zero-order valence-electron chi connectivity index (χ0n) is 11.5. The molecule has 0 unspecified atom stereocenters. The Bertz CT molecular complexity index is 742. The van der Waals surface area contributed by atoms with Crippen LogP contribution in [0.4, 0.5) is 4.39 Å². The first-order valence-electron chi connectivity index (χ1n) is 7.12. The number of fused-ring (bicyclic) bond motifs is 1. The van der Waals surface area contributed by atoms with Crippen molar-refractivity contribution in [2.45, 2.75) is 42.9 Å². The SMILES string of the molecule is O=S(=O)(O[C@H]1CCCC[C@@H]1F)c1ccc2ccccc2c1. The molecule has 0 spiro atoms. The number of hydrogen-bond acceptors (Lipinski definition) is 3. The highest BCUT2D eigenvalue weighted by molar-refractivity contribution is 7.86. The normalized spacial score (nSPS) is 23.3. The summed E-state index contributed by atoms with van der Waals surface area (Å²) < 4.78 is 43.5. The van der Waals surface area contributed by atoms with Crippen molar-refractivity contribution in [1.29, 1.82) is 0 Å². The third-order valence-corrected chi connectivity index (χ3v) is 5.21. The highest BCUT2D eigenvalue weighted by atomic mass is 32.2. The van der Waals surface area contributed by atoms with E-state index in [4.69, 9.17) is 4.18 Å². The molecule has 0 bridgehead atoms. The predicted molar refractivity (Wildman–Crippen MR) is 79.4 cm³/mol. The van der Waals surface area contributed by atoms with Gasteiger partial charge in [-0.15, -0.1) is 0 Å². The maximum atomic E-state index is 13.8. The molecular formula is C16H17FO3S. The van der Waals surface area contributed by atoms with Crippen molar-refractivity contribution in [2.75, 3.05) is 0 Å². The van der Waals surface area contributed by atoms with E-state index < -0.39 is 22.4 Å².